The van der Waals surface area contributed by atoms with Crippen LogP contribution >= 0.6 is 0 Å². The molecule has 6 nitrogen and oxygen atoms in total. The third-order valence-electron chi connectivity index (χ3n) is 5.15. The van der Waals surface area contributed by atoms with Crippen molar-refractivity contribution in [1.82, 2.24) is 10.1 Å². The van der Waals surface area contributed by atoms with Crippen LogP contribution in [0.2, 0.25) is 0 Å². The smallest absolute Gasteiger partial charge is 0.410 e. The zero-order valence-corrected chi connectivity index (χ0v) is 13.3. The lowest BCUT2D eigenvalue weighted by Crippen LogP contribution is -2.52. The van der Waals surface area contributed by atoms with Crippen molar-refractivity contribution >= 4 is 6.09 Å². The fourth-order valence-corrected chi connectivity index (χ4v) is 3.99. The molecule has 1 N–H and O–H groups in total. The van der Waals surface area contributed by atoms with E-state index in [1.54, 1.807) is 6.20 Å². The fourth-order valence-electron chi connectivity index (χ4n) is 3.99. The Labute approximate surface area is 140 Å². The number of aliphatic hydroxyl groups is 1. The average Bonchev–Trinajstić information content (AvgIpc) is 3.22. The van der Waals surface area contributed by atoms with Crippen LogP contribution < -0.4 is 0 Å². The molecule has 4 rings (SSSR count). The Morgan fingerprint density at radius 2 is 2.00 bits per heavy atom. The van der Waals surface area contributed by atoms with Crippen molar-refractivity contribution in [3.8, 4) is 0 Å². The summed E-state index contributed by atoms with van der Waals surface area (Å²) in [6, 6.07) is 9.63. The maximum Gasteiger partial charge on any atom is 0.410 e. The summed E-state index contributed by atoms with van der Waals surface area (Å²) in [6.45, 7) is 0.269. The van der Waals surface area contributed by atoms with Gasteiger partial charge in [0.25, 0.3) is 0 Å². The van der Waals surface area contributed by atoms with Crippen LogP contribution in [0, 0.1) is 0 Å². The van der Waals surface area contributed by atoms with Gasteiger partial charge in [0.2, 0.25) is 0 Å². The lowest BCUT2D eigenvalue weighted by atomic mass is 9.82. The van der Waals surface area contributed by atoms with Gasteiger partial charge in [0.05, 0.1) is 11.8 Å². The minimum atomic E-state index is -0.970. The molecular weight excluding hydrogens is 308 g/mol. The summed E-state index contributed by atoms with van der Waals surface area (Å²) >= 11 is 0. The van der Waals surface area contributed by atoms with E-state index in [4.69, 9.17) is 9.26 Å². The molecule has 2 aliphatic heterocycles. The van der Waals surface area contributed by atoms with E-state index >= 15 is 0 Å². The lowest BCUT2D eigenvalue weighted by Gasteiger charge is -2.42. The minimum absolute atomic E-state index is 0.00748. The molecule has 1 aromatic carbocycles. The zero-order valence-electron chi connectivity index (χ0n) is 13.3. The molecule has 6 heteroatoms. The number of hydrogen-bond donors (Lipinski definition) is 1. The van der Waals surface area contributed by atoms with Crippen molar-refractivity contribution in [2.24, 2.45) is 0 Å². The van der Waals surface area contributed by atoms with E-state index in [2.05, 4.69) is 5.16 Å². The highest BCUT2D eigenvalue weighted by molar-refractivity contribution is 5.69. The average molecular weight is 328 g/mol. The Morgan fingerprint density at radius 1 is 1.29 bits per heavy atom. The number of ether oxygens (including phenoxy) is 1. The van der Waals surface area contributed by atoms with E-state index in [9.17, 15) is 9.90 Å². The third-order valence-corrected chi connectivity index (χ3v) is 5.15. The first-order chi connectivity index (χ1) is 11.7. The van der Waals surface area contributed by atoms with Crippen molar-refractivity contribution in [3.05, 3.63) is 53.9 Å². The third kappa shape index (κ3) is 2.67. The number of nitrogens with zero attached hydrogens (tertiary/aromatic N) is 2. The second-order valence-electron chi connectivity index (χ2n) is 6.69. The molecule has 3 heterocycles. The molecule has 126 valence electrons. The van der Waals surface area contributed by atoms with Crippen LogP contribution in [0.1, 0.15) is 36.8 Å². The molecule has 1 aromatic heterocycles. The summed E-state index contributed by atoms with van der Waals surface area (Å²) in [4.78, 5) is 14.3. The number of fused-ring (bicyclic) bond motifs is 2. The summed E-state index contributed by atoms with van der Waals surface area (Å²) in [6.07, 6.45) is 5.51. The molecule has 2 saturated heterocycles. The van der Waals surface area contributed by atoms with Crippen molar-refractivity contribution < 1.29 is 19.2 Å². The number of piperidine rings is 1. The highest BCUT2D eigenvalue weighted by Crippen LogP contribution is 2.45. The highest BCUT2D eigenvalue weighted by atomic mass is 16.6. The number of amides is 1. The molecule has 24 heavy (non-hydrogen) atoms. The number of aromatic nitrogens is 1. The van der Waals surface area contributed by atoms with E-state index in [0.717, 1.165) is 18.4 Å². The van der Waals surface area contributed by atoms with Gasteiger partial charge in [-0.2, -0.15) is 0 Å². The SMILES string of the molecule is O=C(OCc1ccccc1)N1C2CCC1CC(O)(c1cnoc1)C2. The van der Waals surface area contributed by atoms with Crippen molar-refractivity contribution in [2.75, 3.05) is 0 Å². The highest BCUT2D eigenvalue weighted by Gasteiger charge is 2.51. The zero-order chi connectivity index (χ0) is 16.6. The van der Waals surface area contributed by atoms with Gasteiger partial charge in [-0.3, -0.25) is 0 Å². The number of carbonyl (C=O) groups is 1. The molecule has 0 radical (unpaired) electrons. The lowest BCUT2D eigenvalue weighted by molar-refractivity contribution is -0.0539. The molecule has 2 unspecified atom stereocenters. The van der Waals surface area contributed by atoms with Gasteiger partial charge in [-0.05, 0) is 18.4 Å². The number of carbonyl (C=O) groups excluding carboxylic acids is 1. The van der Waals surface area contributed by atoms with Gasteiger partial charge in [-0.15, -0.1) is 0 Å². The van der Waals surface area contributed by atoms with Gasteiger partial charge < -0.3 is 19.3 Å². The van der Waals surface area contributed by atoms with E-state index in [-0.39, 0.29) is 24.8 Å². The molecular formula is C18H20N2O4. The first-order valence-electron chi connectivity index (χ1n) is 8.27. The van der Waals surface area contributed by atoms with Gasteiger partial charge >= 0.3 is 6.09 Å². The summed E-state index contributed by atoms with van der Waals surface area (Å²) in [5.41, 5.74) is 0.690. The predicted octanol–water partition coefficient (Wildman–Crippen LogP) is 2.83. The second kappa shape index (κ2) is 5.94. The van der Waals surface area contributed by atoms with Crippen LogP contribution in [0.5, 0.6) is 0 Å². The minimum Gasteiger partial charge on any atom is -0.445 e. The van der Waals surface area contributed by atoms with Crippen molar-refractivity contribution in [2.45, 2.75) is 50.0 Å². The largest absolute Gasteiger partial charge is 0.445 e. The Hall–Kier alpha value is -2.34. The number of benzene rings is 1. The van der Waals surface area contributed by atoms with Crippen LogP contribution in [-0.2, 0) is 16.9 Å². The summed E-state index contributed by atoms with van der Waals surface area (Å²) in [5.74, 6) is 0. The Kier molecular flexibility index (Phi) is 3.76. The quantitative estimate of drug-likeness (QED) is 0.937. The van der Waals surface area contributed by atoms with Crippen LogP contribution in [0.25, 0.3) is 0 Å². The van der Waals surface area contributed by atoms with Crippen LogP contribution in [0.3, 0.4) is 0 Å². The Morgan fingerprint density at radius 3 is 2.62 bits per heavy atom. The first kappa shape index (κ1) is 15.2. The summed E-state index contributed by atoms with van der Waals surface area (Å²) in [5, 5.41) is 14.6. The van der Waals surface area contributed by atoms with E-state index in [1.807, 2.05) is 35.2 Å². The molecule has 2 bridgehead atoms. The molecule has 2 aliphatic rings. The van der Waals surface area contributed by atoms with Gasteiger partial charge in [0.1, 0.15) is 12.9 Å². The van der Waals surface area contributed by atoms with Gasteiger partial charge in [0.15, 0.2) is 0 Å². The Balaban J connectivity index is 1.44. The maximum atomic E-state index is 12.5. The van der Waals surface area contributed by atoms with E-state index in [0.29, 0.717) is 18.4 Å². The van der Waals surface area contributed by atoms with Crippen LogP contribution in [-0.4, -0.2) is 33.3 Å². The molecule has 0 spiro atoms. The monoisotopic (exact) mass is 328 g/mol. The van der Waals surface area contributed by atoms with Gasteiger partial charge in [-0.25, -0.2) is 4.79 Å². The van der Waals surface area contributed by atoms with Crippen LogP contribution in [0.4, 0.5) is 4.79 Å². The summed E-state index contributed by atoms with van der Waals surface area (Å²) in [7, 11) is 0. The van der Waals surface area contributed by atoms with Crippen LogP contribution in [0.15, 0.2) is 47.3 Å². The van der Waals surface area contributed by atoms with Gasteiger partial charge in [-0.1, -0.05) is 35.5 Å². The van der Waals surface area contributed by atoms with Crippen molar-refractivity contribution in [3.63, 3.8) is 0 Å². The van der Waals surface area contributed by atoms with E-state index < -0.39 is 5.60 Å². The molecule has 2 aromatic rings. The standard InChI is InChI=1S/C18H20N2O4/c21-17(23-11-13-4-2-1-3-5-13)20-15-6-7-16(20)9-18(22,8-15)14-10-19-24-12-14/h1-5,10,12,15-16,22H,6-9,11H2. The molecule has 2 fully saturated rings. The second-order valence-corrected chi connectivity index (χ2v) is 6.69. The number of hydrogen-bond acceptors (Lipinski definition) is 5. The normalized spacial score (nSPS) is 28.8. The molecule has 0 aliphatic carbocycles. The maximum absolute atomic E-state index is 12.5. The van der Waals surface area contributed by atoms with Gasteiger partial charge in [0, 0.05) is 30.5 Å². The first-order valence-corrected chi connectivity index (χ1v) is 8.27. The summed E-state index contributed by atoms with van der Waals surface area (Å²) < 4.78 is 10.4. The topological polar surface area (TPSA) is 75.8 Å². The van der Waals surface area contributed by atoms with E-state index in [1.165, 1.54) is 6.26 Å². The molecule has 0 saturated carbocycles. The predicted molar refractivity (Wildman–Crippen MR) is 84.9 cm³/mol. The molecule has 1 amide bonds. The Bertz CT molecular complexity index is 687. The number of rotatable bonds is 3. The van der Waals surface area contributed by atoms with Crippen molar-refractivity contribution in [1.29, 1.82) is 0 Å². The molecule has 2 atom stereocenters. The fraction of sp³-hybridized carbons (Fsp3) is 0.444.